The van der Waals surface area contributed by atoms with E-state index in [1.165, 1.54) is 12.1 Å². The zero-order chi connectivity index (χ0) is 21.7. The van der Waals surface area contributed by atoms with Gasteiger partial charge in [-0.1, -0.05) is 55.0 Å². The Balaban J connectivity index is 1.66. The average Bonchev–Trinajstić information content (AvgIpc) is 2.92. The second-order valence-corrected chi connectivity index (χ2v) is 9.35. The summed E-state index contributed by atoms with van der Waals surface area (Å²) in [7, 11) is 2.18. The van der Waals surface area contributed by atoms with Crippen molar-refractivity contribution in [2.45, 2.75) is 37.7 Å². The molecule has 0 spiro atoms. The molecule has 2 unspecified atom stereocenters. The van der Waals surface area contributed by atoms with Crippen LogP contribution in [0.25, 0.3) is 6.08 Å². The average molecular weight is 423 g/mol. The van der Waals surface area contributed by atoms with Crippen LogP contribution in [0.15, 0.2) is 60.2 Å². The number of halogens is 1. The monoisotopic (exact) mass is 422 g/mol. The summed E-state index contributed by atoms with van der Waals surface area (Å²) in [5, 5.41) is 12.3. The summed E-state index contributed by atoms with van der Waals surface area (Å²) in [4.78, 5) is 4.89. The number of rotatable bonds is 5. The summed E-state index contributed by atoms with van der Waals surface area (Å²) in [5.41, 5.74) is 2.33. The molecule has 4 heteroatoms. The summed E-state index contributed by atoms with van der Waals surface area (Å²) in [6, 6.07) is 17.0. The third kappa shape index (κ3) is 5.62. The Kier molecular flexibility index (Phi) is 7.21. The minimum absolute atomic E-state index is 0.165. The number of likely N-dealkylation sites (N-methyl/N-ethyl adjacent to an activating group) is 1. The molecule has 1 saturated heterocycles. The SMILES string of the molecule is CN1CCN(CC2CCCC/C(=C/c3ccccc3)C2(O)Cc2ccc(F)cc2)CC1. The standard InChI is InChI=1S/C27H35FN2O/c1-29-15-17-30(18-16-29)21-25-10-6-5-9-24(19-22-7-3-2-4-8-22)27(25,31)20-23-11-13-26(28)14-12-23/h2-4,7-8,11-14,19,25,31H,5-6,9-10,15-18,20-21H2,1H3/b24-19-. The molecule has 2 fully saturated rings. The highest BCUT2D eigenvalue weighted by Crippen LogP contribution is 2.40. The molecule has 0 radical (unpaired) electrons. The number of hydrogen-bond acceptors (Lipinski definition) is 3. The first kappa shape index (κ1) is 22.2. The van der Waals surface area contributed by atoms with Crippen molar-refractivity contribution in [3.63, 3.8) is 0 Å². The normalized spacial score (nSPS) is 27.3. The largest absolute Gasteiger partial charge is 0.385 e. The maximum absolute atomic E-state index is 13.5. The van der Waals surface area contributed by atoms with Crippen LogP contribution in [0.5, 0.6) is 0 Å². The lowest BCUT2D eigenvalue weighted by molar-refractivity contribution is -0.00644. The van der Waals surface area contributed by atoms with E-state index in [9.17, 15) is 9.50 Å². The molecule has 1 saturated carbocycles. The highest BCUT2D eigenvalue weighted by molar-refractivity contribution is 5.55. The van der Waals surface area contributed by atoms with Gasteiger partial charge in [-0.2, -0.15) is 0 Å². The highest BCUT2D eigenvalue weighted by Gasteiger charge is 2.42. The van der Waals surface area contributed by atoms with Crippen molar-refractivity contribution in [2.75, 3.05) is 39.8 Å². The number of hydrogen-bond donors (Lipinski definition) is 1. The lowest BCUT2D eigenvalue weighted by atomic mass is 9.74. The first-order chi connectivity index (χ1) is 15.0. The third-order valence-corrected chi connectivity index (χ3v) is 7.08. The molecule has 1 aliphatic carbocycles. The minimum atomic E-state index is -0.923. The zero-order valence-corrected chi connectivity index (χ0v) is 18.6. The van der Waals surface area contributed by atoms with E-state index in [-0.39, 0.29) is 11.7 Å². The van der Waals surface area contributed by atoms with Crippen LogP contribution in [-0.4, -0.2) is 60.3 Å². The van der Waals surface area contributed by atoms with Crippen LogP contribution in [0.3, 0.4) is 0 Å². The lowest BCUT2D eigenvalue weighted by Crippen LogP contribution is -2.51. The van der Waals surface area contributed by atoms with Gasteiger partial charge in [0, 0.05) is 45.1 Å². The van der Waals surface area contributed by atoms with Gasteiger partial charge in [-0.3, -0.25) is 0 Å². The van der Waals surface area contributed by atoms with E-state index in [1.54, 1.807) is 0 Å². The van der Waals surface area contributed by atoms with Gasteiger partial charge in [0.25, 0.3) is 0 Å². The molecule has 0 aromatic heterocycles. The van der Waals surface area contributed by atoms with Gasteiger partial charge in [0.2, 0.25) is 0 Å². The zero-order valence-electron chi connectivity index (χ0n) is 18.6. The van der Waals surface area contributed by atoms with Crippen LogP contribution in [0.1, 0.15) is 36.8 Å². The van der Waals surface area contributed by atoms with E-state index in [4.69, 9.17) is 0 Å². The van der Waals surface area contributed by atoms with Crippen molar-refractivity contribution in [1.82, 2.24) is 9.80 Å². The summed E-state index contributed by atoms with van der Waals surface area (Å²) >= 11 is 0. The topological polar surface area (TPSA) is 26.7 Å². The van der Waals surface area contributed by atoms with Gasteiger partial charge >= 0.3 is 0 Å². The second kappa shape index (κ2) is 10.1. The number of aliphatic hydroxyl groups is 1. The summed E-state index contributed by atoms with van der Waals surface area (Å²) in [6.07, 6.45) is 6.90. The second-order valence-electron chi connectivity index (χ2n) is 9.35. The maximum atomic E-state index is 13.5. The Morgan fingerprint density at radius 2 is 1.71 bits per heavy atom. The molecule has 0 bridgehead atoms. The van der Waals surface area contributed by atoms with E-state index in [0.717, 1.165) is 75.1 Å². The van der Waals surface area contributed by atoms with Crippen LogP contribution in [-0.2, 0) is 6.42 Å². The molecular formula is C27H35FN2O. The molecule has 166 valence electrons. The van der Waals surface area contributed by atoms with Gasteiger partial charge in [0.15, 0.2) is 0 Å². The summed E-state index contributed by atoms with van der Waals surface area (Å²) in [5.74, 6) is -0.0657. The molecule has 31 heavy (non-hydrogen) atoms. The molecule has 2 aromatic carbocycles. The Morgan fingerprint density at radius 3 is 2.42 bits per heavy atom. The van der Waals surface area contributed by atoms with Crippen LogP contribution < -0.4 is 0 Å². The molecule has 0 amide bonds. The van der Waals surface area contributed by atoms with Crippen molar-refractivity contribution >= 4 is 6.08 Å². The van der Waals surface area contributed by atoms with Crippen LogP contribution in [0.2, 0.25) is 0 Å². The van der Waals surface area contributed by atoms with Gasteiger partial charge < -0.3 is 14.9 Å². The van der Waals surface area contributed by atoms with Crippen molar-refractivity contribution in [3.05, 3.63) is 77.1 Å². The van der Waals surface area contributed by atoms with Gasteiger partial charge in [-0.05, 0) is 55.1 Å². The van der Waals surface area contributed by atoms with E-state index in [2.05, 4.69) is 35.1 Å². The molecule has 4 rings (SSSR count). The van der Waals surface area contributed by atoms with Crippen molar-refractivity contribution in [1.29, 1.82) is 0 Å². The van der Waals surface area contributed by atoms with E-state index in [0.29, 0.717) is 6.42 Å². The summed E-state index contributed by atoms with van der Waals surface area (Å²) < 4.78 is 13.5. The first-order valence-electron chi connectivity index (χ1n) is 11.7. The fourth-order valence-electron chi connectivity index (χ4n) is 5.13. The van der Waals surface area contributed by atoms with Crippen LogP contribution >= 0.6 is 0 Å². The smallest absolute Gasteiger partial charge is 0.123 e. The highest BCUT2D eigenvalue weighted by atomic mass is 19.1. The van der Waals surface area contributed by atoms with E-state index in [1.807, 2.05) is 30.3 Å². The Hall–Kier alpha value is -2.01. The van der Waals surface area contributed by atoms with Gasteiger partial charge in [-0.25, -0.2) is 4.39 Å². The Morgan fingerprint density at radius 1 is 1.00 bits per heavy atom. The number of nitrogens with zero attached hydrogens (tertiary/aromatic N) is 2. The van der Waals surface area contributed by atoms with Crippen LogP contribution in [0, 0.1) is 11.7 Å². The lowest BCUT2D eigenvalue weighted by Gasteiger charge is -2.42. The Bertz CT molecular complexity index is 859. The van der Waals surface area contributed by atoms with Crippen molar-refractivity contribution in [2.24, 2.45) is 5.92 Å². The van der Waals surface area contributed by atoms with E-state index < -0.39 is 5.60 Å². The number of piperazine rings is 1. The van der Waals surface area contributed by atoms with Crippen LogP contribution in [0.4, 0.5) is 4.39 Å². The predicted molar refractivity (Wildman–Crippen MR) is 125 cm³/mol. The molecule has 2 aliphatic rings. The summed E-state index contributed by atoms with van der Waals surface area (Å²) in [6.45, 7) is 5.18. The molecule has 1 aliphatic heterocycles. The molecule has 2 atom stereocenters. The fraction of sp³-hybridized carbons (Fsp3) is 0.481. The molecule has 3 nitrogen and oxygen atoms in total. The van der Waals surface area contributed by atoms with Gasteiger partial charge in [0.1, 0.15) is 5.82 Å². The Labute approximate surface area is 186 Å². The van der Waals surface area contributed by atoms with Crippen molar-refractivity contribution in [3.8, 4) is 0 Å². The van der Waals surface area contributed by atoms with E-state index >= 15 is 0 Å². The van der Waals surface area contributed by atoms with Gasteiger partial charge in [0.05, 0.1) is 5.60 Å². The molecule has 2 aromatic rings. The molecule has 1 N–H and O–H groups in total. The molecular weight excluding hydrogens is 387 g/mol. The quantitative estimate of drug-likeness (QED) is 0.713. The predicted octanol–water partition coefficient (Wildman–Crippen LogP) is 4.62. The van der Waals surface area contributed by atoms with Crippen molar-refractivity contribution < 1.29 is 9.50 Å². The first-order valence-corrected chi connectivity index (χ1v) is 11.7. The maximum Gasteiger partial charge on any atom is 0.123 e. The fourth-order valence-corrected chi connectivity index (χ4v) is 5.13. The third-order valence-electron chi connectivity index (χ3n) is 7.08. The molecule has 1 heterocycles. The number of benzene rings is 2. The minimum Gasteiger partial charge on any atom is -0.385 e. The van der Waals surface area contributed by atoms with Gasteiger partial charge in [-0.15, -0.1) is 0 Å².